The first-order chi connectivity index (χ1) is 11.8. The van der Waals surface area contributed by atoms with E-state index in [-0.39, 0.29) is 11.0 Å². The molecule has 0 aliphatic heterocycles. The number of H-pyrrole nitrogens is 1. The first-order valence-corrected chi connectivity index (χ1v) is 8.07. The van der Waals surface area contributed by atoms with Crippen molar-refractivity contribution in [2.75, 3.05) is 5.32 Å². The summed E-state index contributed by atoms with van der Waals surface area (Å²) in [5.74, 6) is -0.740. The minimum atomic E-state index is -0.562. The van der Waals surface area contributed by atoms with E-state index in [2.05, 4.69) is 48.4 Å². The van der Waals surface area contributed by atoms with Gasteiger partial charge in [-0.15, -0.1) is 0 Å². The Hall–Kier alpha value is -2.95. The normalized spacial score (nSPS) is 11.4. The summed E-state index contributed by atoms with van der Waals surface area (Å²) < 4.78 is 13.7. The molecule has 5 heteroatoms. The van der Waals surface area contributed by atoms with E-state index in [1.54, 1.807) is 18.2 Å². The minimum absolute atomic E-state index is 0.0124. The van der Waals surface area contributed by atoms with Crippen molar-refractivity contribution >= 4 is 11.7 Å². The second-order valence-electron chi connectivity index (χ2n) is 6.93. The number of anilines is 1. The average molecular weight is 337 g/mol. The van der Waals surface area contributed by atoms with Crippen LogP contribution in [0.2, 0.25) is 0 Å². The van der Waals surface area contributed by atoms with Crippen molar-refractivity contribution in [1.29, 1.82) is 0 Å². The maximum absolute atomic E-state index is 13.7. The van der Waals surface area contributed by atoms with Gasteiger partial charge in [0.15, 0.2) is 5.82 Å². The van der Waals surface area contributed by atoms with E-state index in [0.717, 1.165) is 11.3 Å². The molecule has 0 aliphatic carbocycles. The maximum atomic E-state index is 13.7. The van der Waals surface area contributed by atoms with Crippen molar-refractivity contribution in [2.24, 2.45) is 0 Å². The molecule has 128 valence electrons. The van der Waals surface area contributed by atoms with Gasteiger partial charge in [0.1, 0.15) is 5.82 Å². The molecule has 0 saturated carbocycles. The Morgan fingerprint density at radius 3 is 2.40 bits per heavy atom. The Bertz CT molecular complexity index is 892. The summed E-state index contributed by atoms with van der Waals surface area (Å²) in [5, 5.41) is 9.58. The van der Waals surface area contributed by atoms with Crippen molar-refractivity contribution in [3.8, 4) is 11.3 Å². The summed E-state index contributed by atoms with van der Waals surface area (Å²) in [4.78, 5) is 12.1. The molecule has 0 bridgehead atoms. The Kier molecular flexibility index (Phi) is 4.40. The molecule has 3 aromatic rings. The topological polar surface area (TPSA) is 57.8 Å². The highest BCUT2D eigenvalue weighted by Gasteiger charge is 2.15. The highest BCUT2D eigenvalue weighted by molar-refractivity contribution is 6.04. The Morgan fingerprint density at radius 2 is 1.76 bits per heavy atom. The minimum Gasteiger partial charge on any atom is -0.305 e. The van der Waals surface area contributed by atoms with Crippen LogP contribution in [0, 0.1) is 5.82 Å². The number of aromatic amines is 1. The number of carbonyl (C=O) groups excluding carboxylic acids is 1. The standard InChI is InChI=1S/C20H20FN3O/c1-20(2,3)14-10-8-13(9-11-14)17-12-18(24-23-17)22-19(25)15-6-4-5-7-16(15)21/h4-12H,1-3H3,(H2,22,23,24,25). The molecule has 3 rings (SSSR count). The summed E-state index contributed by atoms with van der Waals surface area (Å²) in [7, 11) is 0. The second kappa shape index (κ2) is 6.51. The molecule has 0 spiro atoms. The van der Waals surface area contributed by atoms with Crippen molar-refractivity contribution in [1.82, 2.24) is 10.2 Å². The van der Waals surface area contributed by atoms with Crippen molar-refractivity contribution < 1.29 is 9.18 Å². The van der Waals surface area contributed by atoms with Crippen LogP contribution >= 0.6 is 0 Å². The van der Waals surface area contributed by atoms with Crippen LogP contribution in [0.15, 0.2) is 54.6 Å². The van der Waals surface area contributed by atoms with Gasteiger partial charge in [-0.1, -0.05) is 57.2 Å². The Balaban J connectivity index is 1.76. The predicted molar refractivity (Wildman–Crippen MR) is 97.1 cm³/mol. The van der Waals surface area contributed by atoms with E-state index in [1.807, 2.05) is 12.1 Å². The SMILES string of the molecule is CC(C)(C)c1ccc(-c2cc(NC(=O)c3ccccc3F)n[nH]2)cc1. The fraction of sp³-hybridized carbons (Fsp3) is 0.200. The fourth-order valence-corrected chi connectivity index (χ4v) is 2.51. The third-order valence-electron chi connectivity index (χ3n) is 4.00. The second-order valence-corrected chi connectivity index (χ2v) is 6.93. The van der Waals surface area contributed by atoms with Gasteiger partial charge in [0.25, 0.3) is 5.91 Å². The van der Waals surface area contributed by atoms with Gasteiger partial charge >= 0.3 is 0 Å². The highest BCUT2D eigenvalue weighted by atomic mass is 19.1. The molecule has 4 nitrogen and oxygen atoms in total. The van der Waals surface area contributed by atoms with Crippen LogP contribution in [0.4, 0.5) is 10.2 Å². The van der Waals surface area contributed by atoms with Crippen molar-refractivity contribution in [2.45, 2.75) is 26.2 Å². The summed E-state index contributed by atoms with van der Waals surface area (Å²) in [6.45, 7) is 6.48. The smallest absolute Gasteiger partial charge is 0.259 e. The van der Waals surface area contributed by atoms with Gasteiger partial charge in [0.05, 0.1) is 11.3 Å². The number of carbonyl (C=O) groups is 1. The predicted octanol–water partition coefficient (Wildman–Crippen LogP) is 4.77. The van der Waals surface area contributed by atoms with Gasteiger partial charge in [-0.05, 0) is 28.7 Å². The van der Waals surface area contributed by atoms with E-state index < -0.39 is 11.7 Å². The molecule has 0 atom stereocenters. The van der Waals surface area contributed by atoms with Gasteiger partial charge in [0.2, 0.25) is 0 Å². The van der Waals surface area contributed by atoms with Crippen molar-refractivity contribution in [3.63, 3.8) is 0 Å². The molecule has 1 amide bonds. The monoisotopic (exact) mass is 337 g/mol. The average Bonchev–Trinajstić information content (AvgIpc) is 3.03. The molecule has 1 heterocycles. The van der Waals surface area contributed by atoms with Gasteiger partial charge in [-0.3, -0.25) is 9.89 Å². The molecule has 0 saturated heterocycles. The van der Waals surface area contributed by atoms with Crippen molar-refractivity contribution in [3.05, 3.63) is 71.5 Å². The van der Waals surface area contributed by atoms with Crippen LogP contribution in [0.3, 0.4) is 0 Å². The number of benzene rings is 2. The number of nitrogens with zero attached hydrogens (tertiary/aromatic N) is 1. The van der Waals surface area contributed by atoms with E-state index in [9.17, 15) is 9.18 Å². The van der Waals surface area contributed by atoms with E-state index >= 15 is 0 Å². The van der Waals surface area contributed by atoms with E-state index in [0.29, 0.717) is 5.82 Å². The van der Waals surface area contributed by atoms with Gasteiger partial charge < -0.3 is 5.32 Å². The molecule has 2 N–H and O–H groups in total. The zero-order chi connectivity index (χ0) is 18.0. The molecular weight excluding hydrogens is 317 g/mol. The molecule has 0 aliphatic rings. The fourth-order valence-electron chi connectivity index (χ4n) is 2.51. The largest absolute Gasteiger partial charge is 0.305 e. The number of amides is 1. The van der Waals surface area contributed by atoms with Crippen LogP contribution in [0.25, 0.3) is 11.3 Å². The van der Waals surface area contributed by atoms with Crippen LogP contribution in [0.5, 0.6) is 0 Å². The first kappa shape index (κ1) is 16.9. The van der Waals surface area contributed by atoms with Crippen LogP contribution in [-0.2, 0) is 5.41 Å². The summed E-state index contributed by atoms with van der Waals surface area (Å²) in [5.41, 5.74) is 3.06. The Labute approximate surface area is 146 Å². The van der Waals surface area contributed by atoms with Gasteiger partial charge in [0, 0.05) is 6.07 Å². The summed E-state index contributed by atoms with van der Waals surface area (Å²) in [6.07, 6.45) is 0. The quantitative estimate of drug-likeness (QED) is 0.723. The number of nitrogens with one attached hydrogen (secondary N) is 2. The van der Waals surface area contributed by atoms with Crippen LogP contribution < -0.4 is 5.32 Å². The molecule has 0 radical (unpaired) electrons. The lowest BCUT2D eigenvalue weighted by Gasteiger charge is -2.18. The number of hydrogen-bond acceptors (Lipinski definition) is 2. The zero-order valence-corrected chi connectivity index (χ0v) is 14.4. The van der Waals surface area contributed by atoms with E-state index in [4.69, 9.17) is 0 Å². The molecule has 0 fully saturated rings. The zero-order valence-electron chi connectivity index (χ0n) is 14.4. The maximum Gasteiger partial charge on any atom is 0.259 e. The number of halogens is 1. The van der Waals surface area contributed by atoms with Gasteiger partial charge in [-0.2, -0.15) is 5.10 Å². The third-order valence-corrected chi connectivity index (χ3v) is 4.00. The van der Waals surface area contributed by atoms with Crippen LogP contribution in [0.1, 0.15) is 36.7 Å². The summed E-state index contributed by atoms with van der Waals surface area (Å²) >= 11 is 0. The lowest BCUT2D eigenvalue weighted by atomic mass is 9.86. The van der Waals surface area contributed by atoms with Gasteiger partial charge in [-0.25, -0.2) is 4.39 Å². The molecule has 0 unspecified atom stereocenters. The first-order valence-electron chi connectivity index (χ1n) is 8.07. The highest BCUT2D eigenvalue weighted by Crippen LogP contribution is 2.26. The molecule has 2 aromatic carbocycles. The number of hydrogen-bond donors (Lipinski definition) is 2. The van der Waals surface area contributed by atoms with Crippen LogP contribution in [-0.4, -0.2) is 16.1 Å². The lowest BCUT2D eigenvalue weighted by Crippen LogP contribution is -2.13. The number of aromatic nitrogens is 2. The molecule has 25 heavy (non-hydrogen) atoms. The number of rotatable bonds is 3. The molecular formula is C20H20FN3O. The summed E-state index contributed by atoms with van der Waals surface area (Å²) in [6, 6.07) is 15.7. The Morgan fingerprint density at radius 1 is 1.08 bits per heavy atom. The molecule has 1 aromatic heterocycles. The van der Waals surface area contributed by atoms with E-state index in [1.165, 1.54) is 17.7 Å². The third kappa shape index (κ3) is 3.76. The lowest BCUT2D eigenvalue weighted by molar-refractivity contribution is 0.102.